The van der Waals surface area contributed by atoms with E-state index in [1.807, 2.05) is 0 Å². The van der Waals surface area contributed by atoms with Crippen LogP contribution in [0.5, 0.6) is 0 Å². The van der Waals surface area contributed by atoms with E-state index in [-0.39, 0.29) is 24.6 Å². The predicted molar refractivity (Wildman–Crippen MR) is 61.6 cm³/mol. The maximum absolute atomic E-state index is 11.6. The van der Waals surface area contributed by atoms with Crippen molar-refractivity contribution in [1.29, 1.82) is 0 Å². The van der Waals surface area contributed by atoms with Crippen molar-refractivity contribution in [3.05, 3.63) is 28.7 Å². The number of hydrogen-bond acceptors (Lipinski definition) is 3. The number of carbonyl (C=O) groups excluding carboxylic acids is 1. The third kappa shape index (κ3) is 2.89. The van der Waals surface area contributed by atoms with Gasteiger partial charge in [0.1, 0.15) is 6.54 Å². The zero-order valence-electron chi connectivity index (χ0n) is 9.01. The first-order valence-electron chi connectivity index (χ1n) is 4.68. The average Bonchev–Trinajstić information content (AvgIpc) is 2.23. The Balaban J connectivity index is 2.81. The van der Waals surface area contributed by atoms with Crippen LogP contribution in [0.1, 0.15) is 0 Å². The highest BCUT2D eigenvalue weighted by Crippen LogP contribution is 1.96. The molecule has 0 aromatic carbocycles. The third-order valence-electron chi connectivity index (χ3n) is 2.07. The van der Waals surface area contributed by atoms with Crippen LogP contribution in [0.3, 0.4) is 0 Å². The highest BCUT2D eigenvalue weighted by atomic mass is 16.2. The van der Waals surface area contributed by atoms with Gasteiger partial charge in [0.25, 0.3) is 5.56 Å². The van der Waals surface area contributed by atoms with Gasteiger partial charge in [-0.2, -0.15) is 0 Å². The smallest absolute Gasteiger partial charge is 0.251 e. The van der Waals surface area contributed by atoms with Crippen LogP contribution in [0.25, 0.3) is 0 Å². The number of nitrogen functional groups attached to an aromatic ring is 1. The molecule has 0 aliphatic carbocycles. The highest BCUT2D eigenvalue weighted by Gasteiger charge is 2.08. The van der Waals surface area contributed by atoms with Crippen LogP contribution >= 0.6 is 0 Å². The molecule has 5 heteroatoms. The summed E-state index contributed by atoms with van der Waals surface area (Å²) in [6.45, 7) is 0.165. The lowest BCUT2D eigenvalue weighted by Crippen LogP contribution is -2.33. The van der Waals surface area contributed by atoms with Crippen molar-refractivity contribution in [1.82, 2.24) is 9.47 Å². The van der Waals surface area contributed by atoms with Crippen LogP contribution in [0.4, 0.5) is 5.69 Å². The van der Waals surface area contributed by atoms with Crippen molar-refractivity contribution >= 4 is 11.6 Å². The Morgan fingerprint density at radius 1 is 1.62 bits per heavy atom. The van der Waals surface area contributed by atoms with Gasteiger partial charge in [-0.05, 0) is 6.07 Å². The lowest BCUT2D eigenvalue weighted by atomic mass is 10.4. The number of likely N-dealkylation sites (N-methyl/N-ethyl adjacent to an activating group) is 1. The SMILES string of the molecule is C#CCN(C)C(=O)Cn1cc(N)ccc1=O. The van der Waals surface area contributed by atoms with Crippen LogP contribution in [-0.4, -0.2) is 29.0 Å². The zero-order valence-corrected chi connectivity index (χ0v) is 9.01. The van der Waals surface area contributed by atoms with Crippen molar-refractivity contribution in [2.24, 2.45) is 0 Å². The predicted octanol–water partition coefficient (Wildman–Crippen LogP) is -0.478. The lowest BCUT2D eigenvalue weighted by molar-refractivity contribution is -0.130. The molecule has 0 spiro atoms. The van der Waals surface area contributed by atoms with Gasteiger partial charge in [0.2, 0.25) is 5.91 Å². The van der Waals surface area contributed by atoms with Crippen LogP contribution in [-0.2, 0) is 11.3 Å². The Morgan fingerprint density at radius 3 is 2.94 bits per heavy atom. The average molecular weight is 219 g/mol. The monoisotopic (exact) mass is 219 g/mol. The van der Waals surface area contributed by atoms with Gasteiger partial charge in [-0.3, -0.25) is 9.59 Å². The number of rotatable bonds is 3. The van der Waals surface area contributed by atoms with Crippen molar-refractivity contribution < 1.29 is 4.79 Å². The number of nitrogens with zero attached hydrogens (tertiary/aromatic N) is 2. The molecule has 1 aromatic rings. The molecule has 1 heterocycles. The molecule has 0 fully saturated rings. The molecule has 84 valence electrons. The highest BCUT2D eigenvalue weighted by molar-refractivity contribution is 5.76. The molecule has 0 aliphatic heterocycles. The van der Waals surface area contributed by atoms with Gasteiger partial charge < -0.3 is 15.2 Å². The maximum Gasteiger partial charge on any atom is 0.251 e. The minimum absolute atomic E-state index is 0.0535. The molecule has 0 unspecified atom stereocenters. The summed E-state index contributed by atoms with van der Waals surface area (Å²) in [5.41, 5.74) is 5.69. The van der Waals surface area contributed by atoms with E-state index >= 15 is 0 Å². The Bertz CT molecular complexity index is 485. The normalized spacial score (nSPS) is 9.50. The van der Waals surface area contributed by atoms with E-state index < -0.39 is 0 Å². The number of carbonyl (C=O) groups is 1. The molecule has 1 rings (SSSR count). The fraction of sp³-hybridized carbons (Fsp3) is 0.273. The summed E-state index contributed by atoms with van der Waals surface area (Å²) < 4.78 is 1.25. The standard InChI is InChI=1S/C11H13N3O2/c1-3-6-13(2)11(16)8-14-7-9(12)4-5-10(14)15/h1,4-5,7H,6,8,12H2,2H3. The van der Waals surface area contributed by atoms with E-state index in [0.29, 0.717) is 5.69 Å². The molecular formula is C11H13N3O2. The van der Waals surface area contributed by atoms with E-state index in [2.05, 4.69) is 5.92 Å². The molecule has 0 aliphatic rings. The Kier molecular flexibility index (Phi) is 3.72. The number of anilines is 1. The second-order valence-corrected chi connectivity index (χ2v) is 3.38. The van der Waals surface area contributed by atoms with Gasteiger partial charge >= 0.3 is 0 Å². The Morgan fingerprint density at radius 2 is 2.31 bits per heavy atom. The second kappa shape index (κ2) is 5.03. The summed E-state index contributed by atoms with van der Waals surface area (Å²) in [7, 11) is 1.58. The molecule has 5 nitrogen and oxygen atoms in total. The van der Waals surface area contributed by atoms with Crippen molar-refractivity contribution in [3.63, 3.8) is 0 Å². The zero-order chi connectivity index (χ0) is 12.1. The van der Waals surface area contributed by atoms with Gasteiger partial charge in [-0.25, -0.2) is 0 Å². The van der Waals surface area contributed by atoms with Gasteiger partial charge in [0, 0.05) is 25.0 Å². The van der Waals surface area contributed by atoms with Crippen LogP contribution in [0, 0.1) is 12.3 Å². The van der Waals surface area contributed by atoms with E-state index in [1.54, 1.807) is 7.05 Å². The quantitative estimate of drug-likeness (QED) is 0.698. The number of hydrogen-bond donors (Lipinski definition) is 1. The molecule has 1 amide bonds. The lowest BCUT2D eigenvalue weighted by Gasteiger charge is -2.14. The summed E-state index contributed by atoms with van der Waals surface area (Å²) in [4.78, 5) is 24.4. The molecule has 16 heavy (non-hydrogen) atoms. The first-order valence-corrected chi connectivity index (χ1v) is 4.68. The van der Waals surface area contributed by atoms with Gasteiger partial charge in [-0.1, -0.05) is 5.92 Å². The van der Waals surface area contributed by atoms with E-state index in [9.17, 15) is 9.59 Å². The number of amides is 1. The van der Waals surface area contributed by atoms with Gasteiger partial charge in [-0.15, -0.1) is 6.42 Å². The van der Waals surface area contributed by atoms with Crippen molar-refractivity contribution in [3.8, 4) is 12.3 Å². The second-order valence-electron chi connectivity index (χ2n) is 3.38. The first-order chi connectivity index (χ1) is 7.54. The van der Waals surface area contributed by atoms with E-state index in [0.717, 1.165) is 0 Å². The number of nitrogens with two attached hydrogens (primary N) is 1. The minimum atomic E-state index is -0.267. The van der Waals surface area contributed by atoms with Crippen molar-refractivity contribution in [2.75, 3.05) is 19.3 Å². The number of terminal acetylenes is 1. The number of pyridine rings is 1. The molecular weight excluding hydrogens is 206 g/mol. The molecule has 1 aromatic heterocycles. The molecule has 0 atom stereocenters. The summed E-state index contributed by atoms with van der Waals surface area (Å²) in [6.07, 6.45) is 6.52. The largest absolute Gasteiger partial charge is 0.398 e. The van der Waals surface area contributed by atoms with E-state index in [4.69, 9.17) is 12.2 Å². The third-order valence-corrected chi connectivity index (χ3v) is 2.07. The fourth-order valence-electron chi connectivity index (χ4n) is 1.16. The summed E-state index contributed by atoms with van der Waals surface area (Å²) in [5.74, 6) is 2.12. The van der Waals surface area contributed by atoms with Crippen LogP contribution in [0.2, 0.25) is 0 Å². The fourth-order valence-corrected chi connectivity index (χ4v) is 1.16. The summed E-state index contributed by atoms with van der Waals surface area (Å²) in [6, 6.07) is 2.82. The van der Waals surface area contributed by atoms with Gasteiger partial charge in [0.15, 0.2) is 0 Å². The van der Waals surface area contributed by atoms with Crippen molar-refractivity contribution in [2.45, 2.75) is 6.54 Å². The molecule has 0 saturated heterocycles. The molecule has 2 N–H and O–H groups in total. The summed E-state index contributed by atoms with van der Waals surface area (Å²) >= 11 is 0. The topological polar surface area (TPSA) is 68.3 Å². The molecule has 0 bridgehead atoms. The Hall–Kier alpha value is -2.22. The molecule has 0 saturated carbocycles. The van der Waals surface area contributed by atoms with E-state index in [1.165, 1.54) is 27.8 Å². The maximum atomic E-state index is 11.6. The molecule has 0 radical (unpaired) electrons. The Labute approximate surface area is 93.5 Å². The van der Waals surface area contributed by atoms with Gasteiger partial charge in [0.05, 0.1) is 6.54 Å². The van der Waals surface area contributed by atoms with Crippen LogP contribution in [0.15, 0.2) is 23.1 Å². The van der Waals surface area contributed by atoms with Crippen LogP contribution < -0.4 is 11.3 Å². The minimum Gasteiger partial charge on any atom is -0.398 e. The summed E-state index contributed by atoms with van der Waals surface area (Å²) in [5, 5.41) is 0. The first kappa shape index (κ1) is 11.9. The number of aromatic nitrogens is 1.